The number of H-pyrrole nitrogens is 2. The molecule has 0 saturated heterocycles. The van der Waals surface area contributed by atoms with Crippen LogP contribution in [-0.4, -0.2) is 39.4 Å². The van der Waals surface area contributed by atoms with Crippen molar-refractivity contribution in [3.05, 3.63) is 52.8 Å². The van der Waals surface area contributed by atoms with Crippen molar-refractivity contribution in [3.8, 4) is 11.8 Å². The lowest BCUT2D eigenvalue weighted by Gasteiger charge is -2.20. The number of nitrogens with one attached hydrogen (secondary N) is 3. The molecule has 0 bridgehead atoms. The summed E-state index contributed by atoms with van der Waals surface area (Å²) in [7, 11) is 1.57. The zero-order valence-corrected chi connectivity index (χ0v) is 18.3. The highest BCUT2D eigenvalue weighted by molar-refractivity contribution is 6.02. The highest BCUT2D eigenvalue weighted by Crippen LogP contribution is 2.27. The Kier molecular flexibility index (Phi) is 7.15. The fourth-order valence-corrected chi connectivity index (χ4v) is 3.74. The third kappa shape index (κ3) is 5.27. The molecule has 0 spiro atoms. The maximum atomic E-state index is 13.0. The van der Waals surface area contributed by atoms with Gasteiger partial charge in [0.25, 0.3) is 0 Å². The van der Waals surface area contributed by atoms with Crippen LogP contribution in [0.25, 0.3) is 10.9 Å². The molecule has 9 heteroatoms. The van der Waals surface area contributed by atoms with Crippen molar-refractivity contribution in [1.82, 2.24) is 19.9 Å². The molecule has 9 nitrogen and oxygen atoms in total. The number of fused-ring (bicyclic) bond motifs is 1. The Morgan fingerprint density at radius 1 is 1.31 bits per heavy atom. The van der Waals surface area contributed by atoms with E-state index in [0.717, 1.165) is 10.9 Å². The Hall–Kier alpha value is -3.80. The third-order valence-corrected chi connectivity index (χ3v) is 5.28. The quantitative estimate of drug-likeness (QED) is 0.419. The average molecular weight is 438 g/mol. The summed E-state index contributed by atoms with van der Waals surface area (Å²) < 4.78 is 6.66. The molecule has 0 unspecified atom stereocenters. The lowest BCUT2D eigenvalue weighted by molar-refractivity contribution is -0.125. The fourth-order valence-electron chi connectivity index (χ4n) is 3.74. The summed E-state index contributed by atoms with van der Waals surface area (Å²) in [5.74, 6) is -0.342. The number of Topliss-reactive ketones (excluding diaryl/α,β-unsaturated/α-hetero) is 1. The highest BCUT2D eigenvalue weighted by Gasteiger charge is 2.26. The number of rotatable bonds is 10. The number of amides is 1. The Balaban J connectivity index is 1.74. The van der Waals surface area contributed by atoms with Gasteiger partial charge in [-0.3, -0.25) is 14.2 Å². The minimum absolute atomic E-state index is 0.00139. The van der Waals surface area contributed by atoms with Gasteiger partial charge in [0.1, 0.15) is 11.8 Å². The molecule has 3 aromatic rings. The fraction of sp³-hybridized carbons (Fsp3) is 0.391. The minimum Gasteiger partial charge on any atom is -0.496 e. The van der Waals surface area contributed by atoms with Crippen LogP contribution in [0.3, 0.4) is 0 Å². The summed E-state index contributed by atoms with van der Waals surface area (Å²) in [6, 6.07) is 8.36. The molecule has 1 aromatic carbocycles. The van der Waals surface area contributed by atoms with Gasteiger partial charge in [-0.05, 0) is 30.5 Å². The SMILES string of the molecule is COc1cccc2[nH]c(C(=O)C[C@@H](CC(C)C)C(=O)N[C@H](C#N)Cn3cc[nH]c3=O)cc12. The maximum absolute atomic E-state index is 13.0. The second kappa shape index (κ2) is 10.0. The number of carbonyl (C=O) groups excluding carboxylic acids is 2. The van der Waals surface area contributed by atoms with Crippen molar-refractivity contribution >= 4 is 22.6 Å². The zero-order chi connectivity index (χ0) is 23.3. The molecule has 0 fully saturated rings. The normalized spacial score (nSPS) is 13.0. The van der Waals surface area contributed by atoms with Crippen LogP contribution in [0, 0.1) is 23.2 Å². The summed E-state index contributed by atoms with van der Waals surface area (Å²) in [5.41, 5.74) is 0.823. The second-order valence-electron chi connectivity index (χ2n) is 8.17. The first-order valence-electron chi connectivity index (χ1n) is 10.4. The van der Waals surface area contributed by atoms with Crippen molar-refractivity contribution in [3.63, 3.8) is 0 Å². The first kappa shape index (κ1) is 22.9. The van der Waals surface area contributed by atoms with E-state index < -0.39 is 12.0 Å². The number of aromatic amines is 2. The van der Waals surface area contributed by atoms with Crippen LogP contribution < -0.4 is 15.7 Å². The van der Waals surface area contributed by atoms with E-state index in [1.165, 1.54) is 17.0 Å². The average Bonchev–Trinajstić information content (AvgIpc) is 3.38. The molecule has 0 saturated carbocycles. The van der Waals surface area contributed by atoms with E-state index >= 15 is 0 Å². The number of carbonyl (C=O) groups is 2. The van der Waals surface area contributed by atoms with E-state index in [9.17, 15) is 19.6 Å². The van der Waals surface area contributed by atoms with E-state index in [-0.39, 0.29) is 36.3 Å². The zero-order valence-electron chi connectivity index (χ0n) is 18.3. The number of nitrogens with zero attached hydrogens (tertiary/aromatic N) is 2. The third-order valence-electron chi connectivity index (χ3n) is 5.28. The number of ether oxygens (including phenoxy) is 1. The number of aromatic nitrogens is 3. The number of imidazole rings is 1. The standard InChI is InChI=1S/C23H27N5O4/c1-14(2)9-15(22(30)26-16(12-24)13-28-8-7-25-23(28)31)10-20(29)19-11-17-18(27-19)5-4-6-21(17)32-3/h4-8,11,14-16,27H,9-10,13H2,1-3H3,(H,25,31)(H,26,30)/t15-,16-/m1/s1. The number of methoxy groups -OCH3 is 1. The molecule has 0 radical (unpaired) electrons. The van der Waals surface area contributed by atoms with Crippen LogP contribution in [0.2, 0.25) is 0 Å². The van der Waals surface area contributed by atoms with Crippen LogP contribution in [0.15, 0.2) is 41.5 Å². The minimum atomic E-state index is -0.891. The van der Waals surface area contributed by atoms with Gasteiger partial charge in [0.05, 0.1) is 25.4 Å². The number of hydrogen-bond acceptors (Lipinski definition) is 5. The van der Waals surface area contributed by atoms with E-state index in [4.69, 9.17) is 4.74 Å². The van der Waals surface area contributed by atoms with Gasteiger partial charge in [0.2, 0.25) is 5.91 Å². The molecule has 2 aromatic heterocycles. The Morgan fingerprint density at radius 2 is 2.09 bits per heavy atom. The summed E-state index contributed by atoms with van der Waals surface area (Å²) in [4.78, 5) is 43.2. The van der Waals surface area contributed by atoms with Gasteiger partial charge in [-0.25, -0.2) is 4.79 Å². The summed E-state index contributed by atoms with van der Waals surface area (Å²) in [5, 5.41) is 12.9. The number of benzene rings is 1. The van der Waals surface area contributed by atoms with E-state index in [1.54, 1.807) is 13.2 Å². The van der Waals surface area contributed by atoms with E-state index in [1.807, 2.05) is 38.1 Å². The molecule has 3 N–H and O–H groups in total. The molecular formula is C23H27N5O4. The van der Waals surface area contributed by atoms with Crippen molar-refractivity contribution in [2.75, 3.05) is 7.11 Å². The molecule has 3 rings (SSSR count). The van der Waals surface area contributed by atoms with Gasteiger partial charge in [0.15, 0.2) is 5.78 Å². The monoisotopic (exact) mass is 437 g/mol. The molecule has 0 aliphatic carbocycles. The molecular weight excluding hydrogens is 410 g/mol. The van der Waals surface area contributed by atoms with E-state index in [0.29, 0.717) is 17.9 Å². The Morgan fingerprint density at radius 3 is 2.72 bits per heavy atom. The molecule has 0 aliphatic rings. The molecule has 1 amide bonds. The van der Waals surface area contributed by atoms with Gasteiger partial charge in [-0.1, -0.05) is 19.9 Å². The molecule has 2 heterocycles. The first-order valence-corrected chi connectivity index (χ1v) is 10.4. The van der Waals surface area contributed by atoms with Crippen molar-refractivity contribution in [2.24, 2.45) is 11.8 Å². The van der Waals surface area contributed by atoms with Gasteiger partial charge in [0, 0.05) is 35.6 Å². The van der Waals surface area contributed by atoms with E-state index in [2.05, 4.69) is 15.3 Å². The second-order valence-corrected chi connectivity index (χ2v) is 8.17. The van der Waals surface area contributed by atoms with Gasteiger partial charge in [-0.15, -0.1) is 0 Å². The predicted molar refractivity (Wildman–Crippen MR) is 119 cm³/mol. The number of ketones is 1. The number of nitriles is 1. The lowest BCUT2D eigenvalue weighted by atomic mass is 9.90. The van der Waals surface area contributed by atoms with Crippen LogP contribution in [0.1, 0.15) is 37.2 Å². The van der Waals surface area contributed by atoms with Crippen LogP contribution in [0.5, 0.6) is 5.75 Å². The molecule has 32 heavy (non-hydrogen) atoms. The van der Waals surface area contributed by atoms with Gasteiger partial charge in [-0.2, -0.15) is 5.26 Å². The van der Waals surface area contributed by atoms with Gasteiger partial charge >= 0.3 is 5.69 Å². The first-order chi connectivity index (χ1) is 15.3. The van der Waals surface area contributed by atoms with Crippen molar-refractivity contribution in [1.29, 1.82) is 5.26 Å². The van der Waals surface area contributed by atoms with Crippen molar-refractivity contribution in [2.45, 2.75) is 39.3 Å². The Labute approximate surface area is 185 Å². The topological polar surface area (TPSA) is 133 Å². The van der Waals surface area contributed by atoms with Crippen molar-refractivity contribution < 1.29 is 14.3 Å². The highest BCUT2D eigenvalue weighted by atomic mass is 16.5. The number of hydrogen-bond donors (Lipinski definition) is 3. The summed E-state index contributed by atoms with van der Waals surface area (Å²) >= 11 is 0. The molecule has 2 atom stereocenters. The maximum Gasteiger partial charge on any atom is 0.325 e. The summed E-state index contributed by atoms with van der Waals surface area (Å²) in [6.07, 6.45) is 3.47. The molecule has 0 aliphatic heterocycles. The smallest absolute Gasteiger partial charge is 0.325 e. The Bertz CT molecular complexity index is 1200. The van der Waals surface area contributed by atoms with Crippen LogP contribution in [0.4, 0.5) is 0 Å². The van der Waals surface area contributed by atoms with Gasteiger partial charge < -0.3 is 20.0 Å². The lowest BCUT2D eigenvalue weighted by Crippen LogP contribution is -2.42. The summed E-state index contributed by atoms with van der Waals surface area (Å²) in [6.45, 7) is 3.97. The molecule has 168 valence electrons. The largest absolute Gasteiger partial charge is 0.496 e. The predicted octanol–water partition coefficient (Wildman–Crippen LogP) is 2.61. The van der Waals surface area contributed by atoms with Crippen LogP contribution >= 0.6 is 0 Å². The van der Waals surface area contributed by atoms with Crippen LogP contribution in [-0.2, 0) is 11.3 Å².